The van der Waals surface area contributed by atoms with Gasteiger partial charge < -0.3 is 5.73 Å². The average Bonchev–Trinajstić information content (AvgIpc) is 3.50. The van der Waals surface area contributed by atoms with Crippen molar-refractivity contribution >= 4 is 15.7 Å². The Bertz CT molecular complexity index is 1430. The number of sulfone groups is 1. The van der Waals surface area contributed by atoms with Crippen LogP contribution in [0.1, 0.15) is 12.5 Å². The molecule has 1 fully saturated rings. The standard InChI is InChI=1S/C18H15F2N9O2S/c19-13-2-1-3-15(16(13)20)29-18(24-25-27-29)12-6-10(7-22-17(12)21)14-8-28(26-23-14)11-4-5-32(30,31)9-11/h1-3,6-8,11H,4-5,9H2,(H2,21,22). The molecule has 0 radical (unpaired) electrons. The lowest BCUT2D eigenvalue weighted by Crippen LogP contribution is -2.11. The summed E-state index contributed by atoms with van der Waals surface area (Å²) in [5.41, 5.74) is 7.03. The monoisotopic (exact) mass is 459 g/mol. The van der Waals surface area contributed by atoms with Crippen LogP contribution in [0.3, 0.4) is 0 Å². The zero-order valence-electron chi connectivity index (χ0n) is 16.3. The summed E-state index contributed by atoms with van der Waals surface area (Å²) in [5, 5.41) is 19.4. The molecule has 1 aliphatic rings. The molecular formula is C18H15F2N9O2S. The number of tetrazole rings is 1. The molecule has 1 aromatic carbocycles. The van der Waals surface area contributed by atoms with Crippen molar-refractivity contribution in [3.05, 3.63) is 48.3 Å². The van der Waals surface area contributed by atoms with Crippen molar-refractivity contribution in [2.24, 2.45) is 0 Å². The summed E-state index contributed by atoms with van der Waals surface area (Å²) in [4.78, 5) is 4.14. The molecule has 0 spiro atoms. The third-order valence-corrected chi connectivity index (χ3v) is 6.93. The van der Waals surface area contributed by atoms with E-state index < -0.39 is 21.5 Å². The van der Waals surface area contributed by atoms with Gasteiger partial charge in [-0.2, -0.15) is 4.68 Å². The number of rotatable bonds is 4. The first-order chi connectivity index (χ1) is 15.3. The molecular weight excluding hydrogens is 444 g/mol. The molecule has 0 bridgehead atoms. The Morgan fingerprint density at radius 1 is 1.16 bits per heavy atom. The van der Waals surface area contributed by atoms with Crippen molar-refractivity contribution in [1.29, 1.82) is 0 Å². The smallest absolute Gasteiger partial charge is 0.190 e. The van der Waals surface area contributed by atoms with Gasteiger partial charge in [-0.3, -0.25) is 0 Å². The fraction of sp³-hybridized carbons (Fsp3) is 0.222. The molecule has 2 N–H and O–H groups in total. The van der Waals surface area contributed by atoms with Crippen LogP contribution < -0.4 is 5.73 Å². The van der Waals surface area contributed by atoms with E-state index in [4.69, 9.17) is 5.73 Å². The third kappa shape index (κ3) is 3.47. The Kier molecular flexibility index (Phi) is 4.65. The number of nitrogen functional groups attached to an aromatic ring is 1. The van der Waals surface area contributed by atoms with E-state index in [-0.39, 0.29) is 40.4 Å². The summed E-state index contributed by atoms with van der Waals surface area (Å²) < 4.78 is 54.0. The number of benzene rings is 1. The number of hydrogen-bond donors (Lipinski definition) is 1. The van der Waals surface area contributed by atoms with Gasteiger partial charge in [0, 0.05) is 11.8 Å². The van der Waals surface area contributed by atoms with Crippen LogP contribution in [-0.4, -0.2) is 60.1 Å². The van der Waals surface area contributed by atoms with E-state index in [9.17, 15) is 17.2 Å². The first kappa shape index (κ1) is 20.1. The van der Waals surface area contributed by atoms with Gasteiger partial charge in [0.1, 0.15) is 17.2 Å². The summed E-state index contributed by atoms with van der Waals surface area (Å²) >= 11 is 0. The van der Waals surface area contributed by atoms with Crippen molar-refractivity contribution in [2.45, 2.75) is 12.5 Å². The molecule has 4 heterocycles. The maximum absolute atomic E-state index is 14.3. The molecule has 1 saturated heterocycles. The molecule has 5 rings (SSSR count). The van der Waals surface area contributed by atoms with Crippen molar-refractivity contribution in [1.82, 2.24) is 40.2 Å². The second kappa shape index (κ2) is 7.40. The highest BCUT2D eigenvalue weighted by Crippen LogP contribution is 2.30. The van der Waals surface area contributed by atoms with Gasteiger partial charge in [-0.05, 0) is 35.0 Å². The van der Waals surface area contributed by atoms with Crippen LogP contribution in [0, 0.1) is 11.6 Å². The highest BCUT2D eigenvalue weighted by Gasteiger charge is 2.30. The fourth-order valence-electron chi connectivity index (χ4n) is 3.54. The largest absolute Gasteiger partial charge is 0.383 e. The van der Waals surface area contributed by atoms with E-state index in [1.807, 2.05) is 0 Å². The van der Waals surface area contributed by atoms with E-state index in [2.05, 4.69) is 30.8 Å². The Morgan fingerprint density at radius 3 is 2.78 bits per heavy atom. The predicted octanol–water partition coefficient (Wildman–Crippen LogP) is 1.20. The molecule has 164 valence electrons. The highest BCUT2D eigenvalue weighted by atomic mass is 32.2. The molecule has 32 heavy (non-hydrogen) atoms. The minimum atomic E-state index is -3.08. The minimum Gasteiger partial charge on any atom is -0.383 e. The summed E-state index contributed by atoms with van der Waals surface area (Å²) in [7, 11) is -3.08. The van der Waals surface area contributed by atoms with Crippen molar-refractivity contribution < 1.29 is 17.2 Å². The van der Waals surface area contributed by atoms with Crippen molar-refractivity contribution in [3.8, 4) is 28.3 Å². The van der Waals surface area contributed by atoms with Crippen molar-refractivity contribution in [2.75, 3.05) is 17.2 Å². The van der Waals surface area contributed by atoms with E-state index in [0.717, 1.165) is 10.7 Å². The van der Waals surface area contributed by atoms with Crippen LogP contribution in [0.15, 0.2) is 36.7 Å². The van der Waals surface area contributed by atoms with Crippen LogP contribution in [0.5, 0.6) is 0 Å². The maximum atomic E-state index is 14.3. The molecule has 0 saturated carbocycles. The van der Waals surface area contributed by atoms with Gasteiger partial charge >= 0.3 is 0 Å². The van der Waals surface area contributed by atoms with E-state index >= 15 is 0 Å². The SMILES string of the molecule is Nc1ncc(-c2cn(C3CCS(=O)(=O)C3)nn2)cc1-c1nnnn1-c1cccc(F)c1F. The first-order valence-electron chi connectivity index (χ1n) is 9.44. The Hall–Kier alpha value is -3.81. The van der Waals surface area contributed by atoms with E-state index in [1.165, 1.54) is 23.0 Å². The minimum absolute atomic E-state index is 0.00894. The second-order valence-corrected chi connectivity index (χ2v) is 9.51. The van der Waals surface area contributed by atoms with Gasteiger partial charge in [0.25, 0.3) is 0 Å². The lowest BCUT2D eigenvalue weighted by molar-refractivity contribution is 0.484. The van der Waals surface area contributed by atoms with Gasteiger partial charge in [-0.1, -0.05) is 11.3 Å². The molecule has 1 aliphatic heterocycles. The molecule has 1 atom stereocenters. The fourth-order valence-corrected chi connectivity index (χ4v) is 5.24. The van der Waals surface area contributed by atoms with E-state index in [1.54, 1.807) is 12.3 Å². The Labute approximate surface area is 179 Å². The lowest BCUT2D eigenvalue weighted by Gasteiger charge is -2.09. The zero-order chi connectivity index (χ0) is 22.5. The highest BCUT2D eigenvalue weighted by molar-refractivity contribution is 7.91. The number of hydrogen-bond acceptors (Lipinski definition) is 9. The number of aromatic nitrogens is 8. The first-order valence-corrected chi connectivity index (χ1v) is 11.3. The lowest BCUT2D eigenvalue weighted by atomic mass is 10.1. The predicted molar refractivity (Wildman–Crippen MR) is 108 cm³/mol. The summed E-state index contributed by atoms with van der Waals surface area (Å²) in [6.45, 7) is 0. The van der Waals surface area contributed by atoms with Crippen molar-refractivity contribution in [3.63, 3.8) is 0 Å². The zero-order valence-corrected chi connectivity index (χ0v) is 17.1. The molecule has 3 aromatic heterocycles. The molecule has 0 amide bonds. The van der Waals surface area contributed by atoms with Gasteiger partial charge in [0.2, 0.25) is 0 Å². The maximum Gasteiger partial charge on any atom is 0.190 e. The molecule has 1 unspecified atom stereocenters. The third-order valence-electron chi connectivity index (χ3n) is 5.18. The van der Waals surface area contributed by atoms with Crippen LogP contribution in [0.4, 0.5) is 14.6 Å². The molecule has 11 nitrogen and oxygen atoms in total. The number of halogens is 2. The summed E-state index contributed by atoms with van der Waals surface area (Å²) in [5.74, 6) is -1.92. The molecule has 0 aliphatic carbocycles. The normalized spacial score (nSPS) is 17.6. The molecule has 14 heteroatoms. The van der Waals surface area contributed by atoms with Crippen LogP contribution in [-0.2, 0) is 9.84 Å². The number of anilines is 1. The summed E-state index contributed by atoms with van der Waals surface area (Å²) in [6.07, 6.45) is 3.55. The summed E-state index contributed by atoms with van der Waals surface area (Å²) in [6, 6.07) is 4.96. The average molecular weight is 459 g/mol. The van der Waals surface area contributed by atoms with E-state index in [0.29, 0.717) is 17.7 Å². The Balaban J connectivity index is 1.53. The van der Waals surface area contributed by atoms with Gasteiger partial charge in [0.05, 0.1) is 29.3 Å². The quantitative estimate of drug-likeness (QED) is 0.475. The Morgan fingerprint density at radius 2 is 2.00 bits per heavy atom. The van der Waals surface area contributed by atoms with Crippen LogP contribution in [0.2, 0.25) is 0 Å². The topological polar surface area (TPSA) is 147 Å². The second-order valence-electron chi connectivity index (χ2n) is 7.28. The number of pyridine rings is 1. The molecule has 4 aromatic rings. The van der Waals surface area contributed by atoms with Crippen LogP contribution in [0.25, 0.3) is 28.3 Å². The number of nitrogens with zero attached hydrogens (tertiary/aromatic N) is 8. The van der Waals surface area contributed by atoms with Gasteiger partial charge in [-0.25, -0.2) is 26.9 Å². The van der Waals surface area contributed by atoms with Gasteiger partial charge in [-0.15, -0.1) is 10.2 Å². The van der Waals surface area contributed by atoms with Crippen LogP contribution >= 0.6 is 0 Å². The van der Waals surface area contributed by atoms with Gasteiger partial charge in [0.15, 0.2) is 27.3 Å². The number of nitrogens with two attached hydrogens (primary N) is 1.